The number of carbonyl (C=O) groups is 1. The van der Waals surface area contributed by atoms with Gasteiger partial charge in [0.05, 0.1) is 0 Å². The fourth-order valence-electron chi connectivity index (χ4n) is 1.73. The molecule has 0 saturated heterocycles. The highest BCUT2D eigenvalue weighted by Gasteiger charge is 2.11. The largest absolute Gasteiger partial charge is 0.349 e. The zero-order valence-corrected chi connectivity index (χ0v) is 13.1. The van der Waals surface area contributed by atoms with Gasteiger partial charge in [-0.2, -0.15) is 0 Å². The Balaban J connectivity index is 0.00000180. The van der Waals surface area contributed by atoms with Gasteiger partial charge in [-0.1, -0.05) is 24.3 Å². The van der Waals surface area contributed by atoms with Gasteiger partial charge in [0, 0.05) is 24.2 Å². The monoisotopic (exact) mass is 315 g/mol. The summed E-state index contributed by atoms with van der Waals surface area (Å²) in [5, 5.41) is 7.86. The van der Waals surface area contributed by atoms with E-state index in [1.807, 2.05) is 44.3 Å². The number of fused-ring (bicyclic) bond motifs is 1. The Hall–Kier alpha value is -1.36. The van der Waals surface area contributed by atoms with Gasteiger partial charge in [0.2, 0.25) is 0 Å². The number of carbonyl (C=O) groups excluding carboxylic acids is 1. The molecule has 0 fully saturated rings. The van der Waals surface area contributed by atoms with Crippen LogP contribution in [0.3, 0.4) is 0 Å². The minimum Gasteiger partial charge on any atom is -0.349 e. The van der Waals surface area contributed by atoms with Gasteiger partial charge in [0.25, 0.3) is 5.91 Å². The van der Waals surface area contributed by atoms with Crippen molar-refractivity contribution in [2.45, 2.75) is 13.0 Å². The van der Waals surface area contributed by atoms with Crippen molar-refractivity contribution in [3.05, 3.63) is 42.2 Å². The summed E-state index contributed by atoms with van der Waals surface area (Å²) in [6.07, 6.45) is 1.67. The van der Waals surface area contributed by atoms with Crippen LogP contribution in [0.15, 0.2) is 36.5 Å². The number of likely N-dealkylation sites (N-methyl/N-ethyl adjacent to an activating group) is 1. The standard InChI is InChI=1S/C14H17N3O.2ClH/c1-10(15-2)9-17-14(18)13-12-6-4-3-5-11(12)7-8-16-13;;/h3-8,10,15H,9H2,1-2H3,(H,17,18);2*1H. The lowest BCUT2D eigenvalue weighted by Crippen LogP contribution is -2.37. The molecule has 6 heteroatoms. The van der Waals surface area contributed by atoms with Crippen LogP contribution in [-0.2, 0) is 0 Å². The van der Waals surface area contributed by atoms with E-state index in [0.29, 0.717) is 12.2 Å². The summed E-state index contributed by atoms with van der Waals surface area (Å²) in [4.78, 5) is 16.3. The summed E-state index contributed by atoms with van der Waals surface area (Å²) >= 11 is 0. The molecule has 1 unspecified atom stereocenters. The summed E-state index contributed by atoms with van der Waals surface area (Å²) in [5.74, 6) is -0.131. The van der Waals surface area contributed by atoms with Crippen LogP contribution in [0.2, 0.25) is 0 Å². The number of halogens is 2. The van der Waals surface area contributed by atoms with Crippen molar-refractivity contribution in [1.82, 2.24) is 15.6 Å². The van der Waals surface area contributed by atoms with Crippen LogP contribution in [0.5, 0.6) is 0 Å². The smallest absolute Gasteiger partial charge is 0.270 e. The van der Waals surface area contributed by atoms with E-state index in [1.54, 1.807) is 6.20 Å². The lowest BCUT2D eigenvalue weighted by molar-refractivity contribution is 0.0947. The van der Waals surface area contributed by atoms with Gasteiger partial charge in [0.15, 0.2) is 0 Å². The van der Waals surface area contributed by atoms with Gasteiger partial charge in [0.1, 0.15) is 5.69 Å². The number of aromatic nitrogens is 1. The van der Waals surface area contributed by atoms with Gasteiger partial charge in [-0.25, -0.2) is 0 Å². The molecule has 1 aromatic heterocycles. The summed E-state index contributed by atoms with van der Waals surface area (Å²) in [5.41, 5.74) is 0.483. The molecule has 0 bridgehead atoms. The number of hydrogen-bond acceptors (Lipinski definition) is 3. The van der Waals surface area contributed by atoms with Crippen molar-refractivity contribution in [2.75, 3.05) is 13.6 Å². The molecule has 20 heavy (non-hydrogen) atoms. The molecule has 0 radical (unpaired) electrons. The fourth-order valence-corrected chi connectivity index (χ4v) is 1.73. The van der Waals surface area contributed by atoms with Gasteiger partial charge in [-0.3, -0.25) is 9.78 Å². The van der Waals surface area contributed by atoms with Crippen LogP contribution in [0.1, 0.15) is 17.4 Å². The molecule has 0 aliphatic carbocycles. The van der Waals surface area contributed by atoms with Crippen LogP contribution >= 0.6 is 24.8 Å². The van der Waals surface area contributed by atoms with Crippen LogP contribution in [0, 0.1) is 0 Å². The van der Waals surface area contributed by atoms with E-state index in [0.717, 1.165) is 10.8 Å². The highest BCUT2D eigenvalue weighted by Crippen LogP contribution is 2.15. The quantitative estimate of drug-likeness (QED) is 0.911. The first kappa shape index (κ1) is 18.6. The predicted octanol–water partition coefficient (Wildman–Crippen LogP) is 2.42. The number of hydrogen-bond donors (Lipinski definition) is 2. The third-order valence-electron chi connectivity index (χ3n) is 2.95. The summed E-state index contributed by atoms with van der Waals surface area (Å²) < 4.78 is 0. The van der Waals surface area contributed by atoms with E-state index in [9.17, 15) is 4.79 Å². The summed E-state index contributed by atoms with van der Waals surface area (Å²) in [7, 11) is 1.87. The molecular formula is C14H19Cl2N3O. The Morgan fingerprint density at radius 3 is 2.65 bits per heavy atom. The molecule has 1 amide bonds. The van der Waals surface area contributed by atoms with Crippen LogP contribution < -0.4 is 10.6 Å². The Morgan fingerprint density at radius 2 is 1.95 bits per heavy atom. The molecule has 2 N–H and O–H groups in total. The first-order chi connectivity index (χ1) is 8.72. The van der Waals surface area contributed by atoms with Crippen molar-refractivity contribution >= 4 is 41.5 Å². The Kier molecular flexibility index (Phi) is 8.15. The first-order valence-corrected chi connectivity index (χ1v) is 6.01. The van der Waals surface area contributed by atoms with Crippen molar-refractivity contribution in [2.24, 2.45) is 0 Å². The molecule has 1 heterocycles. The minimum atomic E-state index is -0.131. The third-order valence-corrected chi connectivity index (χ3v) is 2.95. The third kappa shape index (κ3) is 4.34. The van der Waals surface area contributed by atoms with Gasteiger partial charge in [-0.15, -0.1) is 24.8 Å². The number of nitrogens with zero attached hydrogens (tertiary/aromatic N) is 1. The zero-order valence-electron chi connectivity index (χ0n) is 11.4. The molecule has 0 spiro atoms. The lowest BCUT2D eigenvalue weighted by Gasteiger charge is -2.11. The molecule has 0 saturated carbocycles. The van der Waals surface area contributed by atoms with Crippen LogP contribution in [-0.4, -0.2) is 30.5 Å². The van der Waals surface area contributed by atoms with E-state index >= 15 is 0 Å². The maximum absolute atomic E-state index is 12.1. The fraction of sp³-hybridized carbons (Fsp3) is 0.286. The summed E-state index contributed by atoms with van der Waals surface area (Å²) in [6, 6.07) is 9.90. The second kappa shape index (κ2) is 8.74. The maximum atomic E-state index is 12.1. The zero-order chi connectivity index (χ0) is 13.0. The van der Waals surface area contributed by atoms with E-state index < -0.39 is 0 Å². The average molecular weight is 316 g/mol. The molecule has 1 aromatic carbocycles. The minimum absolute atomic E-state index is 0. The van der Waals surface area contributed by atoms with Crippen LogP contribution in [0.4, 0.5) is 0 Å². The summed E-state index contributed by atoms with van der Waals surface area (Å²) in [6.45, 7) is 2.59. The Bertz CT molecular complexity index is 558. The Labute approximate surface area is 131 Å². The van der Waals surface area contributed by atoms with E-state index in [-0.39, 0.29) is 36.8 Å². The van der Waals surface area contributed by atoms with E-state index in [4.69, 9.17) is 0 Å². The van der Waals surface area contributed by atoms with E-state index in [1.165, 1.54) is 0 Å². The topological polar surface area (TPSA) is 54.0 Å². The van der Waals surface area contributed by atoms with Crippen molar-refractivity contribution in [3.8, 4) is 0 Å². The average Bonchev–Trinajstić information content (AvgIpc) is 2.43. The first-order valence-electron chi connectivity index (χ1n) is 6.01. The molecular weight excluding hydrogens is 297 g/mol. The van der Waals surface area contributed by atoms with Crippen molar-refractivity contribution in [3.63, 3.8) is 0 Å². The van der Waals surface area contributed by atoms with Gasteiger partial charge >= 0.3 is 0 Å². The number of benzene rings is 1. The molecule has 1 atom stereocenters. The highest BCUT2D eigenvalue weighted by molar-refractivity contribution is 6.05. The normalized spacial score (nSPS) is 11.1. The van der Waals surface area contributed by atoms with E-state index in [2.05, 4.69) is 15.6 Å². The molecule has 0 aliphatic rings. The van der Waals surface area contributed by atoms with Crippen molar-refractivity contribution < 1.29 is 4.79 Å². The molecule has 110 valence electrons. The molecule has 4 nitrogen and oxygen atoms in total. The van der Waals surface area contributed by atoms with Crippen LogP contribution in [0.25, 0.3) is 10.8 Å². The van der Waals surface area contributed by atoms with Gasteiger partial charge < -0.3 is 10.6 Å². The number of amides is 1. The maximum Gasteiger partial charge on any atom is 0.270 e. The van der Waals surface area contributed by atoms with Crippen molar-refractivity contribution in [1.29, 1.82) is 0 Å². The molecule has 2 aromatic rings. The second-order valence-electron chi connectivity index (χ2n) is 4.28. The van der Waals surface area contributed by atoms with Gasteiger partial charge in [-0.05, 0) is 25.4 Å². The predicted molar refractivity (Wildman–Crippen MR) is 87.1 cm³/mol. The molecule has 2 rings (SSSR count). The molecule has 0 aliphatic heterocycles. The highest BCUT2D eigenvalue weighted by atomic mass is 35.5. The number of pyridine rings is 1. The number of rotatable bonds is 4. The Morgan fingerprint density at radius 1 is 1.25 bits per heavy atom. The second-order valence-corrected chi connectivity index (χ2v) is 4.28. The lowest BCUT2D eigenvalue weighted by atomic mass is 10.1. The number of nitrogens with one attached hydrogen (secondary N) is 2. The SMILES string of the molecule is CNC(C)CNC(=O)c1nccc2ccccc12.Cl.Cl.